The molecule has 118 valence electrons. The topological polar surface area (TPSA) is 76.9 Å². The van der Waals surface area contributed by atoms with E-state index in [1.807, 2.05) is 25.1 Å². The van der Waals surface area contributed by atoms with E-state index >= 15 is 0 Å². The lowest BCUT2D eigenvalue weighted by Gasteiger charge is -2.12. The van der Waals surface area contributed by atoms with Gasteiger partial charge in [-0.15, -0.1) is 0 Å². The van der Waals surface area contributed by atoms with Crippen molar-refractivity contribution >= 4 is 5.69 Å². The van der Waals surface area contributed by atoms with Gasteiger partial charge in [-0.2, -0.15) is 0 Å². The largest absolute Gasteiger partial charge is 0.485 e. The molecule has 0 amide bonds. The average molecular weight is 297 g/mol. The van der Waals surface area contributed by atoms with Crippen LogP contribution in [0.25, 0.3) is 0 Å². The highest BCUT2D eigenvalue weighted by Crippen LogP contribution is 2.27. The van der Waals surface area contributed by atoms with Gasteiger partial charge in [-0.3, -0.25) is 10.1 Å². The minimum Gasteiger partial charge on any atom is -0.485 e. The molecule has 0 radical (unpaired) electrons. The van der Waals surface area contributed by atoms with Crippen LogP contribution in [0.5, 0.6) is 5.75 Å². The highest BCUT2D eigenvalue weighted by atomic mass is 16.6. The van der Waals surface area contributed by atoms with E-state index in [2.05, 4.69) is 5.32 Å². The number of hydrogen-bond donors (Lipinski definition) is 1. The van der Waals surface area contributed by atoms with Crippen LogP contribution in [-0.2, 0) is 11.3 Å². The van der Waals surface area contributed by atoms with Crippen molar-refractivity contribution in [1.29, 1.82) is 0 Å². The van der Waals surface area contributed by atoms with Crippen molar-refractivity contribution < 1.29 is 14.4 Å². The summed E-state index contributed by atoms with van der Waals surface area (Å²) >= 11 is 0. The lowest BCUT2D eigenvalue weighted by atomic mass is 10.2. The number of nitro benzene ring substituents is 1. The first-order valence-corrected chi connectivity index (χ1v) is 6.79. The molecule has 1 aromatic rings. The molecule has 1 N–H and O–H groups in total. The second kappa shape index (κ2) is 9.28. The number of nitro groups is 1. The lowest BCUT2D eigenvalue weighted by Crippen LogP contribution is -2.20. The summed E-state index contributed by atoms with van der Waals surface area (Å²) in [5.41, 5.74) is 0.845. The number of benzene rings is 1. The molecule has 0 aliphatic heterocycles. The van der Waals surface area contributed by atoms with Crippen LogP contribution in [0.15, 0.2) is 18.2 Å². The first-order chi connectivity index (χ1) is 10.0. The van der Waals surface area contributed by atoms with Crippen molar-refractivity contribution in [2.24, 2.45) is 0 Å². The summed E-state index contributed by atoms with van der Waals surface area (Å²) < 4.78 is 10.4. The highest BCUT2D eigenvalue weighted by molar-refractivity contribution is 5.48. The molecular weight excluding hydrogens is 274 g/mol. The zero-order valence-electron chi connectivity index (χ0n) is 12.8. The average Bonchev–Trinajstić information content (AvgIpc) is 2.44. The van der Waals surface area contributed by atoms with Crippen molar-refractivity contribution in [2.75, 3.05) is 47.5 Å². The van der Waals surface area contributed by atoms with E-state index in [0.717, 1.165) is 5.56 Å². The standard InChI is InChI=1S/C14H23N3O4/c1-16(2)7-9-21-14-5-4-12(10-13(14)17(18)19)11-15-6-8-20-3/h4-5,10,15H,6-9,11H2,1-3H3. The number of ether oxygens (including phenoxy) is 2. The van der Waals surface area contributed by atoms with Crippen LogP contribution in [0.2, 0.25) is 0 Å². The third-order valence-electron chi connectivity index (χ3n) is 2.83. The van der Waals surface area contributed by atoms with Gasteiger partial charge in [0.25, 0.3) is 0 Å². The second-order valence-electron chi connectivity index (χ2n) is 4.88. The molecule has 0 aromatic heterocycles. The number of nitrogens with one attached hydrogen (secondary N) is 1. The predicted octanol–water partition coefficient (Wildman–Crippen LogP) is 1.27. The van der Waals surface area contributed by atoms with E-state index in [-0.39, 0.29) is 5.69 Å². The van der Waals surface area contributed by atoms with Gasteiger partial charge < -0.3 is 19.7 Å². The maximum atomic E-state index is 11.1. The summed E-state index contributed by atoms with van der Waals surface area (Å²) in [6.07, 6.45) is 0. The fourth-order valence-electron chi connectivity index (χ4n) is 1.68. The van der Waals surface area contributed by atoms with Gasteiger partial charge >= 0.3 is 5.69 Å². The maximum absolute atomic E-state index is 11.1. The Balaban J connectivity index is 2.65. The summed E-state index contributed by atoms with van der Waals surface area (Å²) in [5, 5.41) is 14.3. The molecule has 0 saturated heterocycles. The van der Waals surface area contributed by atoms with Crippen LogP contribution < -0.4 is 10.1 Å². The lowest BCUT2D eigenvalue weighted by molar-refractivity contribution is -0.385. The van der Waals surface area contributed by atoms with E-state index < -0.39 is 4.92 Å². The van der Waals surface area contributed by atoms with Crippen LogP contribution in [0.4, 0.5) is 5.69 Å². The first-order valence-electron chi connectivity index (χ1n) is 6.79. The highest BCUT2D eigenvalue weighted by Gasteiger charge is 2.15. The molecule has 0 atom stereocenters. The van der Waals surface area contributed by atoms with Gasteiger partial charge in [0.2, 0.25) is 0 Å². The molecule has 0 aliphatic rings. The Morgan fingerprint density at radius 3 is 2.71 bits per heavy atom. The molecule has 21 heavy (non-hydrogen) atoms. The number of hydrogen-bond acceptors (Lipinski definition) is 6. The number of rotatable bonds is 10. The molecule has 0 spiro atoms. The minimum atomic E-state index is -0.413. The number of nitrogens with zero attached hydrogens (tertiary/aromatic N) is 2. The summed E-state index contributed by atoms with van der Waals surface area (Å²) in [5.74, 6) is 0.308. The van der Waals surface area contributed by atoms with Gasteiger partial charge in [-0.25, -0.2) is 0 Å². The summed E-state index contributed by atoms with van der Waals surface area (Å²) in [6, 6.07) is 5.03. The molecule has 0 bridgehead atoms. The van der Waals surface area contributed by atoms with Crippen molar-refractivity contribution in [1.82, 2.24) is 10.2 Å². The molecule has 7 heteroatoms. The Labute approximate surface area is 125 Å². The van der Waals surface area contributed by atoms with Crippen molar-refractivity contribution in [2.45, 2.75) is 6.54 Å². The number of likely N-dealkylation sites (N-methyl/N-ethyl adjacent to an activating group) is 1. The van der Waals surface area contributed by atoms with E-state index in [1.165, 1.54) is 0 Å². The van der Waals surface area contributed by atoms with Gasteiger partial charge in [0.1, 0.15) is 6.61 Å². The SMILES string of the molecule is COCCNCc1ccc(OCCN(C)C)c([N+](=O)[O-])c1. The fraction of sp³-hybridized carbons (Fsp3) is 0.571. The Morgan fingerprint density at radius 1 is 1.33 bits per heavy atom. The minimum absolute atomic E-state index is 0.000187. The Bertz CT molecular complexity index is 452. The van der Waals surface area contributed by atoms with Crippen LogP contribution in [-0.4, -0.2) is 57.3 Å². The van der Waals surface area contributed by atoms with E-state index in [0.29, 0.717) is 38.6 Å². The van der Waals surface area contributed by atoms with E-state index in [1.54, 1.807) is 19.2 Å². The Morgan fingerprint density at radius 2 is 2.10 bits per heavy atom. The monoisotopic (exact) mass is 297 g/mol. The first kappa shape index (κ1) is 17.4. The molecule has 7 nitrogen and oxygen atoms in total. The normalized spacial score (nSPS) is 10.9. The second-order valence-corrected chi connectivity index (χ2v) is 4.88. The van der Waals surface area contributed by atoms with Crippen LogP contribution >= 0.6 is 0 Å². The van der Waals surface area contributed by atoms with Crippen LogP contribution in [0.1, 0.15) is 5.56 Å². The van der Waals surface area contributed by atoms with Gasteiger partial charge in [0.15, 0.2) is 5.75 Å². The molecule has 0 saturated carbocycles. The zero-order valence-corrected chi connectivity index (χ0v) is 12.8. The van der Waals surface area contributed by atoms with E-state index in [4.69, 9.17) is 9.47 Å². The molecule has 0 fully saturated rings. The molecule has 1 rings (SSSR count). The molecule has 0 heterocycles. The van der Waals surface area contributed by atoms with Crippen molar-refractivity contribution in [3.63, 3.8) is 0 Å². The summed E-state index contributed by atoms with van der Waals surface area (Å²) in [6.45, 7) is 2.98. The number of methoxy groups -OCH3 is 1. The third-order valence-corrected chi connectivity index (χ3v) is 2.83. The predicted molar refractivity (Wildman–Crippen MR) is 80.7 cm³/mol. The van der Waals surface area contributed by atoms with Crippen molar-refractivity contribution in [3.8, 4) is 5.75 Å². The fourth-order valence-corrected chi connectivity index (χ4v) is 1.68. The summed E-state index contributed by atoms with van der Waals surface area (Å²) in [7, 11) is 5.48. The quantitative estimate of drug-likeness (QED) is 0.398. The van der Waals surface area contributed by atoms with Gasteiger partial charge in [0.05, 0.1) is 11.5 Å². The summed E-state index contributed by atoms with van der Waals surface area (Å²) in [4.78, 5) is 12.7. The molecule has 0 unspecified atom stereocenters. The maximum Gasteiger partial charge on any atom is 0.311 e. The van der Waals surface area contributed by atoms with E-state index in [9.17, 15) is 10.1 Å². The van der Waals surface area contributed by atoms with Crippen LogP contribution in [0, 0.1) is 10.1 Å². The van der Waals surface area contributed by atoms with Crippen molar-refractivity contribution in [3.05, 3.63) is 33.9 Å². The van der Waals surface area contributed by atoms with Gasteiger partial charge in [0, 0.05) is 32.8 Å². The van der Waals surface area contributed by atoms with Gasteiger partial charge in [-0.05, 0) is 25.7 Å². The Kier molecular flexibility index (Phi) is 7.66. The molecular formula is C14H23N3O4. The molecule has 1 aromatic carbocycles. The smallest absolute Gasteiger partial charge is 0.311 e. The Hall–Kier alpha value is -1.70. The zero-order chi connectivity index (χ0) is 15.7. The molecule has 0 aliphatic carbocycles. The van der Waals surface area contributed by atoms with Gasteiger partial charge in [-0.1, -0.05) is 6.07 Å². The third kappa shape index (κ3) is 6.52. The van der Waals surface area contributed by atoms with Crippen LogP contribution in [0.3, 0.4) is 0 Å².